The molecular formula is C21H21N5. The molecule has 0 saturated carbocycles. The Morgan fingerprint density at radius 1 is 1.08 bits per heavy atom. The number of hydrogen-bond acceptors (Lipinski definition) is 3. The topological polar surface area (TPSA) is 48.0 Å². The molecule has 0 aromatic carbocycles. The highest BCUT2D eigenvalue weighted by Crippen LogP contribution is 2.24. The Bertz CT molecular complexity index is 1020. The highest BCUT2D eigenvalue weighted by atomic mass is 15.1. The Morgan fingerprint density at radius 3 is 2.77 bits per heavy atom. The van der Waals surface area contributed by atoms with E-state index in [1.807, 2.05) is 55.7 Å². The molecule has 0 atom stereocenters. The van der Waals surface area contributed by atoms with Crippen LogP contribution in [-0.4, -0.2) is 23.9 Å². The maximum Gasteiger partial charge on any atom is 0.136 e. The van der Waals surface area contributed by atoms with Crippen LogP contribution in [0.1, 0.15) is 24.1 Å². The molecule has 0 saturated heterocycles. The highest BCUT2D eigenvalue weighted by Gasteiger charge is 2.15. The molecule has 5 heteroatoms. The van der Waals surface area contributed by atoms with E-state index < -0.39 is 0 Å². The minimum atomic E-state index is 0.838. The lowest BCUT2D eigenvalue weighted by molar-refractivity contribution is 0.760. The zero-order valence-corrected chi connectivity index (χ0v) is 15.0. The summed E-state index contributed by atoms with van der Waals surface area (Å²) in [5.74, 6) is 1.05. The Balaban J connectivity index is 1.64. The van der Waals surface area contributed by atoms with Crippen molar-refractivity contribution in [2.75, 3.05) is 0 Å². The number of allylic oxidation sites excluding steroid dienone is 1. The predicted octanol–water partition coefficient (Wildman–Crippen LogP) is 3.95. The number of nitrogens with zero attached hydrogens (tertiary/aromatic N) is 5. The van der Waals surface area contributed by atoms with Gasteiger partial charge in [0, 0.05) is 43.8 Å². The average Bonchev–Trinajstić information content (AvgIpc) is 3.23. The maximum absolute atomic E-state index is 4.90. The normalized spacial score (nSPS) is 11.6. The van der Waals surface area contributed by atoms with Gasteiger partial charge in [0.05, 0.1) is 17.1 Å². The Hall–Kier alpha value is -3.21. The third kappa shape index (κ3) is 3.04. The van der Waals surface area contributed by atoms with E-state index in [2.05, 4.69) is 38.3 Å². The van der Waals surface area contributed by atoms with Crippen LogP contribution in [0.25, 0.3) is 23.0 Å². The molecule has 0 N–H and O–H groups in total. The first kappa shape index (κ1) is 16.3. The summed E-state index contributed by atoms with van der Waals surface area (Å²) in [5, 5.41) is 0. The van der Waals surface area contributed by atoms with Gasteiger partial charge in [-0.05, 0) is 43.7 Å². The lowest BCUT2D eigenvalue weighted by Gasteiger charge is -2.03. The van der Waals surface area contributed by atoms with Crippen LogP contribution in [0.3, 0.4) is 0 Å². The van der Waals surface area contributed by atoms with Gasteiger partial charge in [-0.2, -0.15) is 0 Å². The molecule has 0 aliphatic rings. The highest BCUT2D eigenvalue weighted by molar-refractivity contribution is 5.70. The second-order valence-electron chi connectivity index (χ2n) is 6.26. The van der Waals surface area contributed by atoms with Gasteiger partial charge in [0.15, 0.2) is 0 Å². The molecule has 0 amide bonds. The summed E-state index contributed by atoms with van der Waals surface area (Å²) < 4.78 is 4.22. The van der Waals surface area contributed by atoms with Gasteiger partial charge in [-0.25, -0.2) is 9.97 Å². The van der Waals surface area contributed by atoms with Gasteiger partial charge in [-0.15, -0.1) is 0 Å². The lowest BCUT2D eigenvalue weighted by Crippen LogP contribution is -2.02. The summed E-state index contributed by atoms with van der Waals surface area (Å²) in [6.07, 6.45) is 13.6. The second-order valence-corrected chi connectivity index (χ2v) is 6.26. The second kappa shape index (κ2) is 6.96. The Morgan fingerprint density at radius 2 is 2.00 bits per heavy atom. The molecule has 0 radical (unpaired) electrons. The van der Waals surface area contributed by atoms with Crippen molar-refractivity contribution in [1.29, 1.82) is 0 Å². The van der Waals surface area contributed by atoms with E-state index in [1.54, 1.807) is 6.20 Å². The van der Waals surface area contributed by atoms with Gasteiger partial charge >= 0.3 is 0 Å². The Kier molecular flexibility index (Phi) is 4.35. The van der Waals surface area contributed by atoms with E-state index in [4.69, 9.17) is 4.98 Å². The van der Waals surface area contributed by atoms with Crippen molar-refractivity contribution in [2.24, 2.45) is 7.05 Å². The van der Waals surface area contributed by atoms with E-state index in [0.29, 0.717) is 0 Å². The first-order valence-corrected chi connectivity index (χ1v) is 8.77. The van der Waals surface area contributed by atoms with Gasteiger partial charge in [0.2, 0.25) is 0 Å². The van der Waals surface area contributed by atoms with Gasteiger partial charge in [0.25, 0.3) is 0 Å². The molecule has 4 rings (SSSR count). The number of aryl methyl sites for hydroxylation is 2. The Labute approximate surface area is 152 Å². The van der Waals surface area contributed by atoms with Crippen molar-refractivity contribution < 1.29 is 0 Å². The van der Waals surface area contributed by atoms with Crippen LogP contribution in [-0.2, 0) is 19.9 Å². The van der Waals surface area contributed by atoms with Crippen LogP contribution in [0.5, 0.6) is 0 Å². The number of pyridine rings is 2. The number of hydrogen-bond donors (Lipinski definition) is 0. The summed E-state index contributed by atoms with van der Waals surface area (Å²) in [6, 6.07) is 10.0. The van der Waals surface area contributed by atoms with Crippen molar-refractivity contribution >= 4 is 11.7 Å². The molecule has 26 heavy (non-hydrogen) atoms. The van der Waals surface area contributed by atoms with Gasteiger partial charge in [-0.1, -0.05) is 12.1 Å². The fourth-order valence-electron chi connectivity index (χ4n) is 3.19. The quantitative estimate of drug-likeness (QED) is 0.551. The van der Waals surface area contributed by atoms with Gasteiger partial charge in [0.1, 0.15) is 11.5 Å². The van der Waals surface area contributed by atoms with Crippen LogP contribution in [0.15, 0.2) is 61.2 Å². The van der Waals surface area contributed by atoms with Gasteiger partial charge < -0.3 is 8.97 Å². The van der Waals surface area contributed by atoms with Crippen molar-refractivity contribution in [3.05, 3.63) is 78.4 Å². The first-order valence-electron chi connectivity index (χ1n) is 8.77. The molecule has 4 aromatic rings. The van der Waals surface area contributed by atoms with Crippen LogP contribution in [0.2, 0.25) is 0 Å². The molecule has 5 nitrogen and oxygen atoms in total. The molecule has 0 spiro atoms. The predicted molar refractivity (Wildman–Crippen MR) is 104 cm³/mol. The first-order chi connectivity index (χ1) is 12.8. The van der Waals surface area contributed by atoms with E-state index in [1.165, 1.54) is 0 Å². The smallest absolute Gasteiger partial charge is 0.136 e. The van der Waals surface area contributed by atoms with Crippen LogP contribution in [0.4, 0.5) is 0 Å². The summed E-state index contributed by atoms with van der Waals surface area (Å²) in [6.45, 7) is 2.02. The number of fused-ring (bicyclic) bond motifs is 1. The molecule has 0 fully saturated rings. The van der Waals surface area contributed by atoms with E-state index in [-0.39, 0.29) is 0 Å². The lowest BCUT2D eigenvalue weighted by atomic mass is 10.1. The molecule has 4 heterocycles. The molecule has 0 unspecified atom stereocenters. The fourth-order valence-corrected chi connectivity index (χ4v) is 3.19. The number of aromatic nitrogens is 5. The summed E-state index contributed by atoms with van der Waals surface area (Å²) >= 11 is 0. The molecule has 4 aromatic heterocycles. The zero-order valence-electron chi connectivity index (χ0n) is 15.0. The number of imidazole rings is 2. The summed E-state index contributed by atoms with van der Waals surface area (Å²) in [5.41, 5.74) is 5.17. The van der Waals surface area contributed by atoms with Crippen molar-refractivity contribution in [3.8, 4) is 11.3 Å². The minimum absolute atomic E-state index is 0.838. The standard InChI is InChI=1S/C21H21N5/c1-3-7-18-21(16-8-6-12-22-14-16)24-19(25(18)2)11-10-17-15-26-13-5-4-9-20(26)23-17/h3-9,12-15H,10-11H2,1-2H3/b7-3-. The monoisotopic (exact) mass is 343 g/mol. The van der Waals surface area contributed by atoms with E-state index in [9.17, 15) is 0 Å². The van der Waals surface area contributed by atoms with E-state index in [0.717, 1.165) is 47.0 Å². The van der Waals surface area contributed by atoms with Gasteiger partial charge in [-0.3, -0.25) is 4.98 Å². The third-order valence-corrected chi connectivity index (χ3v) is 4.51. The largest absolute Gasteiger partial charge is 0.331 e. The minimum Gasteiger partial charge on any atom is -0.331 e. The van der Waals surface area contributed by atoms with Crippen molar-refractivity contribution in [3.63, 3.8) is 0 Å². The maximum atomic E-state index is 4.90. The third-order valence-electron chi connectivity index (χ3n) is 4.51. The average molecular weight is 343 g/mol. The summed E-state index contributed by atoms with van der Waals surface area (Å²) in [7, 11) is 2.07. The van der Waals surface area contributed by atoms with Crippen LogP contribution in [0, 0.1) is 0 Å². The van der Waals surface area contributed by atoms with Crippen LogP contribution < -0.4 is 0 Å². The molecule has 0 aliphatic carbocycles. The van der Waals surface area contributed by atoms with Crippen molar-refractivity contribution in [2.45, 2.75) is 19.8 Å². The molecular weight excluding hydrogens is 322 g/mol. The number of rotatable bonds is 5. The molecule has 0 aliphatic heterocycles. The summed E-state index contributed by atoms with van der Waals surface area (Å²) in [4.78, 5) is 13.8. The fraction of sp³-hybridized carbons (Fsp3) is 0.190. The SMILES string of the molecule is C/C=C\c1c(-c2cccnc2)nc(CCc2cn3ccccc3n2)n1C. The van der Waals surface area contributed by atoms with Crippen molar-refractivity contribution in [1.82, 2.24) is 23.9 Å². The molecule has 130 valence electrons. The van der Waals surface area contributed by atoms with Crippen LogP contribution >= 0.6 is 0 Å². The van der Waals surface area contributed by atoms with E-state index >= 15 is 0 Å². The molecule has 0 bridgehead atoms. The zero-order chi connectivity index (χ0) is 17.9.